The second kappa shape index (κ2) is 2.54. The molecule has 0 radical (unpaired) electrons. The molecule has 1 saturated heterocycles. The van der Waals surface area contributed by atoms with Crippen LogP contribution in [0.15, 0.2) is 5.34 Å². The maximum absolute atomic E-state index is 10.4. The van der Waals surface area contributed by atoms with Crippen molar-refractivity contribution in [3.63, 3.8) is 0 Å². The summed E-state index contributed by atoms with van der Waals surface area (Å²) in [6.45, 7) is 0.804. The van der Waals surface area contributed by atoms with Crippen LogP contribution in [0.4, 0.5) is 0 Å². The lowest BCUT2D eigenvalue weighted by atomic mass is 10.1. The van der Waals surface area contributed by atoms with Crippen LogP contribution in [0.5, 0.6) is 0 Å². The molecule has 1 N–H and O–H groups in total. The summed E-state index contributed by atoms with van der Waals surface area (Å²) in [5.41, 5.74) is 0. The Labute approximate surface area is 51.3 Å². The molecule has 9 heavy (non-hydrogen) atoms. The van der Waals surface area contributed by atoms with Crippen molar-refractivity contribution in [1.29, 1.82) is 0 Å². The van der Waals surface area contributed by atoms with E-state index in [9.17, 15) is 9.70 Å². The minimum Gasteiger partial charge on any atom is -0.304 e. The van der Waals surface area contributed by atoms with E-state index in [0.717, 1.165) is 13.0 Å². The van der Waals surface area contributed by atoms with Crippen LogP contribution in [0.1, 0.15) is 6.42 Å². The van der Waals surface area contributed by atoms with E-state index in [-0.39, 0.29) is 6.04 Å². The number of carbonyl (C=O) groups excluding carboxylic acids is 1. The van der Waals surface area contributed by atoms with E-state index < -0.39 is 5.97 Å². The quantitative estimate of drug-likeness (QED) is 0.407. The summed E-state index contributed by atoms with van der Waals surface area (Å²) in [4.78, 5) is 23.6. The molecule has 0 aromatic carbocycles. The first kappa shape index (κ1) is 6.15. The lowest BCUT2D eigenvalue weighted by Gasteiger charge is -2.22. The van der Waals surface area contributed by atoms with E-state index in [2.05, 4.69) is 10.2 Å². The van der Waals surface area contributed by atoms with Gasteiger partial charge in [0.2, 0.25) is 0 Å². The number of carbonyl (C=O) groups is 1. The smallest absolute Gasteiger partial charge is 0.304 e. The molecule has 5 heteroatoms. The third-order valence-electron chi connectivity index (χ3n) is 1.24. The average Bonchev–Trinajstić information content (AvgIpc) is 1.60. The zero-order valence-electron chi connectivity index (χ0n) is 4.66. The van der Waals surface area contributed by atoms with E-state index in [0.29, 0.717) is 0 Å². The van der Waals surface area contributed by atoms with Crippen molar-refractivity contribution in [2.75, 3.05) is 6.54 Å². The zero-order valence-corrected chi connectivity index (χ0v) is 4.66. The maximum Gasteiger partial charge on any atom is 0.355 e. The molecule has 1 rings (SSSR count). The molecule has 0 saturated carbocycles. The molecule has 0 aliphatic carbocycles. The van der Waals surface area contributed by atoms with Gasteiger partial charge in [0.05, 0.1) is 0 Å². The van der Waals surface area contributed by atoms with E-state index in [1.807, 2.05) is 5.34 Å². The highest BCUT2D eigenvalue weighted by Gasteiger charge is 2.26. The summed E-state index contributed by atoms with van der Waals surface area (Å²) in [6.07, 6.45) is 0.731. The SMILES string of the molecule is O=NOC(=O)C1CCN1. The standard InChI is InChI=1S/C4H6N2O3/c7-4(9-6-8)3-1-2-5-3/h3,5H,1-2H2. The van der Waals surface area contributed by atoms with Crippen LogP contribution >= 0.6 is 0 Å². The molecule has 1 atom stereocenters. The minimum atomic E-state index is -0.587. The third kappa shape index (κ3) is 1.23. The lowest BCUT2D eigenvalue weighted by Crippen LogP contribution is -2.48. The molecular weight excluding hydrogens is 124 g/mol. The molecular formula is C4H6N2O3. The third-order valence-corrected chi connectivity index (χ3v) is 1.24. The summed E-state index contributed by atoms with van der Waals surface area (Å²) >= 11 is 0. The Morgan fingerprint density at radius 3 is 2.78 bits per heavy atom. The van der Waals surface area contributed by atoms with Gasteiger partial charge in [-0.3, -0.25) is 4.84 Å². The van der Waals surface area contributed by atoms with Gasteiger partial charge < -0.3 is 5.32 Å². The van der Waals surface area contributed by atoms with Crippen molar-refractivity contribution < 1.29 is 9.63 Å². The molecule has 0 amide bonds. The molecule has 1 heterocycles. The molecule has 1 fully saturated rings. The summed E-state index contributed by atoms with van der Waals surface area (Å²) in [7, 11) is 0. The maximum atomic E-state index is 10.4. The van der Waals surface area contributed by atoms with Crippen LogP contribution in [-0.4, -0.2) is 18.6 Å². The van der Waals surface area contributed by atoms with Gasteiger partial charge in [0, 0.05) is 0 Å². The van der Waals surface area contributed by atoms with Gasteiger partial charge in [0.1, 0.15) is 6.04 Å². The highest BCUT2D eigenvalue weighted by molar-refractivity contribution is 5.76. The van der Waals surface area contributed by atoms with E-state index >= 15 is 0 Å². The zero-order chi connectivity index (χ0) is 6.69. The second-order valence-electron chi connectivity index (χ2n) is 1.78. The van der Waals surface area contributed by atoms with Crippen molar-refractivity contribution in [2.45, 2.75) is 12.5 Å². The average molecular weight is 130 g/mol. The molecule has 0 bridgehead atoms. The summed E-state index contributed by atoms with van der Waals surface area (Å²) in [5, 5.41) is 4.76. The second-order valence-corrected chi connectivity index (χ2v) is 1.78. The largest absolute Gasteiger partial charge is 0.355 e. The van der Waals surface area contributed by atoms with Gasteiger partial charge in [-0.05, 0) is 13.0 Å². The molecule has 50 valence electrons. The molecule has 1 aliphatic heterocycles. The van der Waals surface area contributed by atoms with Crippen molar-refractivity contribution in [1.82, 2.24) is 5.32 Å². The summed E-state index contributed by atoms with van der Waals surface area (Å²) < 4.78 is 0. The lowest BCUT2D eigenvalue weighted by molar-refractivity contribution is -0.148. The van der Waals surface area contributed by atoms with E-state index in [1.54, 1.807) is 0 Å². The number of nitrogens with one attached hydrogen (secondary N) is 1. The molecule has 1 unspecified atom stereocenters. The van der Waals surface area contributed by atoms with Crippen LogP contribution in [0.25, 0.3) is 0 Å². The van der Waals surface area contributed by atoms with Gasteiger partial charge in [0.15, 0.2) is 5.34 Å². The van der Waals surface area contributed by atoms with Gasteiger partial charge in [-0.2, -0.15) is 0 Å². The highest BCUT2D eigenvalue weighted by atomic mass is 16.7. The van der Waals surface area contributed by atoms with E-state index in [4.69, 9.17) is 0 Å². The number of rotatable bonds is 2. The Morgan fingerprint density at radius 1 is 1.78 bits per heavy atom. The van der Waals surface area contributed by atoms with Gasteiger partial charge in [-0.25, -0.2) is 4.79 Å². The first-order chi connectivity index (χ1) is 4.34. The van der Waals surface area contributed by atoms with Crippen LogP contribution < -0.4 is 5.32 Å². The first-order valence-electron chi connectivity index (χ1n) is 2.61. The van der Waals surface area contributed by atoms with E-state index in [1.165, 1.54) is 0 Å². The van der Waals surface area contributed by atoms with Crippen LogP contribution in [0.2, 0.25) is 0 Å². The van der Waals surface area contributed by atoms with Crippen LogP contribution in [-0.2, 0) is 9.63 Å². The van der Waals surface area contributed by atoms with Crippen LogP contribution in [0.3, 0.4) is 0 Å². The summed E-state index contributed by atoms with van der Waals surface area (Å²) in [5.74, 6) is -0.587. The Morgan fingerprint density at radius 2 is 2.44 bits per heavy atom. The van der Waals surface area contributed by atoms with Crippen molar-refractivity contribution >= 4 is 5.97 Å². The summed E-state index contributed by atoms with van der Waals surface area (Å²) in [6, 6.07) is -0.303. The van der Waals surface area contributed by atoms with Gasteiger partial charge in [-0.15, -0.1) is 4.91 Å². The normalized spacial score (nSPS) is 24.2. The first-order valence-corrected chi connectivity index (χ1v) is 2.61. The number of nitrogens with zero attached hydrogens (tertiary/aromatic N) is 1. The topological polar surface area (TPSA) is 67.8 Å². The van der Waals surface area contributed by atoms with Gasteiger partial charge in [-0.1, -0.05) is 0 Å². The minimum absolute atomic E-state index is 0.303. The van der Waals surface area contributed by atoms with Gasteiger partial charge >= 0.3 is 5.97 Å². The molecule has 0 aromatic rings. The molecule has 1 aliphatic rings. The molecule has 0 spiro atoms. The Kier molecular flexibility index (Phi) is 1.74. The van der Waals surface area contributed by atoms with Crippen molar-refractivity contribution in [3.05, 3.63) is 4.91 Å². The van der Waals surface area contributed by atoms with Crippen molar-refractivity contribution in [2.24, 2.45) is 5.34 Å². The Hall–Kier alpha value is -0.970. The fraction of sp³-hybridized carbons (Fsp3) is 0.750. The van der Waals surface area contributed by atoms with Crippen LogP contribution in [0, 0.1) is 4.91 Å². The predicted molar refractivity (Wildman–Crippen MR) is 28.3 cm³/mol. The molecule has 0 aromatic heterocycles. The Bertz CT molecular complexity index is 132. The fourth-order valence-electron chi connectivity index (χ4n) is 0.590. The monoisotopic (exact) mass is 130 g/mol. The Balaban J connectivity index is 2.23. The van der Waals surface area contributed by atoms with Gasteiger partial charge in [0.25, 0.3) is 0 Å². The highest BCUT2D eigenvalue weighted by Crippen LogP contribution is 2.03. The predicted octanol–water partition coefficient (Wildman–Crippen LogP) is -0.427. The van der Waals surface area contributed by atoms with Crippen molar-refractivity contribution in [3.8, 4) is 0 Å². The number of hydrogen-bond donors (Lipinski definition) is 1. The fourth-order valence-corrected chi connectivity index (χ4v) is 0.590. The number of hydrogen-bond acceptors (Lipinski definition) is 5. The molecule has 5 nitrogen and oxygen atoms in total.